The standard InChI is InChI=1S/C12H18N2O6S/c1-7(15)19-6-20-11(17)12(4-18-2)3-14-9(16)8(13)10(14)21-5-12/h8,10H,3-6,13H2,1-2H3/t8?,10-,12?/m1/s1. The SMILES string of the molecule is COCC1(C(=O)OCOC(C)=O)CS[C@@H]2C(N)C(=O)N2C1. The molecule has 0 aromatic carbocycles. The van der Waals surface area contributed by atoms with Crippen molar-refractivity contribution in [3.63, 3.8) is 0 Å². The smallest absolute Gasteiger partial charge is 0.319 e. The number of hydrogen-bond acceptors (Lipinski definition) is 8. The minimum atomic E-state index is -0.966. The Hall–Kier alpha value is -1.32. The van der Waals surface area contributed by atoms with Crippen molar-refractivity contribution in [2.45, 2.75) is 18.3 Å². The van der Waals surface area contributed by atoms with Crippen LogP contribution in [-0.2, 0) is 28.6 Å². The van der Waals surface area contributed by atoms with Crippen LogP contribution in [0, 0.1) is 5.41 Å². The van der Waals surface area contributed by atoms with E-state index in [1.54, 1.807) is 4.90 Å². The predicted octanol–water partition coefficient (Wildman–Crippen LogP) is -1.07. The fourth-order valence-electron chi connectivity index (χ4n) is 2.39. The van der Waals surface area contributed by atoms with Gasteiger partial charge in [0.25, 0.3) is 0 Å². The predicted molar refractivity (Wildman–Crippen MR) is 73.0 cm³/mol. The van der Waals surface area contributed by atoms with Crippen LogP contribution in [0.15, 0.2) is 0 Å². The second-order valence-corrected chi connectivity index (χ2v) is 6.20. The Kier molecular flexibility index (Phi) is 4.74. The summed E-state index contributed by atoms with van der Waals surface area (Å²) in [6.45, 7) is 1.09. The number of β-lactam (4-membered cyclic amide) rings is 1. The van der Waals surface area contributed by atoms with Crippen LogP contribution in [0.25, 0.3) is 0 Å². The average Bonchev–Trinajstić information content (AvgIpc) is 2.46. The summed E-state index contributed by atoms with van der Waals surface area (Å²) in [5.41, 5.74) is 4.75. The maximum absolute atomic E-state index is 12.3. The van der Waals surface area contributed by atoms with Gasteiger partial charge in [-0.2, -0.15) is 0 Å². The highest BCUT2D eigenvalue weighted by atomic mass is 32.2. The molecule has 3 atom stereocenters. The van der Waals surface area contributed by atoms with Crippen LogP contribution in [-0.4, -0.2) is 67.0 Å². The highest BCUT2D eigenvalue weighted by Crippen LogP contribution is 2.42. The Labute approximate surface area is 126 Å². The van der Waals surface area contributed by atoms with Gasteiger partial charge in [-0.1, -0.05) is 0 Å². The highest BCUT2D eigenvalue weighted by Gasteiger charge is 2.56. The number of amides is 1. The zero-order valence-corrected chi connectivity index (χ0v) is 12.7. The maximum Gasteiger partial charge on any atom is 0.319 e. The van der Waals surface area contributed by atoms with Crippen molar-refractivity contribution in [2.24, 2.45) is 11.1 Å². The number of hydrogen-bond donors (Lipinski definition) is 1. The van der Waals surface area contributed by atoms with Crippen LogP contribution < -0.4 is 5.73 Å². The highest BCUT2D eigenvalue weighted by molar-refractivity contribution is 8.00. The van der Waals surface area contributed by atoms with E-state index in [4.69, 9.17) is 15.2 Å². The third kappa shape index (κ3) is 2.99. The number of thioether (sulfide) groups is 1. The largest absolute Gasteiger partial charge is 0.428 e. The first-order valence-corrected chi connectivity index (χ1v) is 7.43. The van der Waals surface area contributed by atoms with E-state index in [0.29, 0.717) is 5.75 Å². The van der Waals surface area contributed by atoms with Gasteiger partial charge in [0, 0.05) is 26.3 Å². The van der Waals surface area contributed by atoms with Gasteiger partial charge in [-0.15, -0.1) is 11.8 Å². The molecular weight excluding hydrogens is 300 g/mol. The Balaban J connectivity index is 2.01. The van der Waals surface area contributed by atoms with E-state index >= 15 is 0 Å². The van der Waals surface area contributed by atoms with Crippen LogP contribution in [0.5, 0.6) is 0 Å². The third-order valence-corrected chi connectivity index (χ3v) is 5.10. The number of esters is 2. The normalized spacial score (nSPS) is 31.2. The lowest BCUT2D eigenvalue weighted by molar-refractivity contribution is -0.178. The molecular formula is C12H18N2O6S. The molecule has 2 heterocycles. The minimum Gasteiger partial charge on any atom is -0.428 e. The van der Waals surface area contributed by atoms with Crippen molar-refractivity contribution < 1.29 is 28.6 Å². The molecule has 2 N–H and O–H groups in total. The Morgan fingerprint density at radius 3 is 2.81 bits per heavy atom. The fraction of sp³-hybridized carbons (Fsp3) is 0.750. The number of carbonyl (C=O) groups is 3. The molecule has 0 aliphatic carbocycles. The number of fused-ring (bicyclic) bond motifs is 1. The van der Waals surface area contributed by atoms with Crippen LogP contribution in [0.4, 0.5) is 0 Å². The topological polar surface area (TPSA) is 108 Å². The summed E-state index contributed by atoms with van der Waals surface area (Å²) in [5.74, 6) is -0.835. The van der Waals surface area contributed by atoms with Crippen LogP contribution in [0.1, 0.15) is 6.92 Å². The lowest BCUT2D eigenvalue weighted by Crippen LogP contribution is -2.72. The molecule has 0 aromatic rings. The molecule has 0 saturated carbocycles. The van der Waals surface area contributed by atoms with Gasteiger partial charge in [-0.25, -0.2) is 0 Å². The van der Waals surface area contributed by atoms with Crippen molar-refractivity contribution in [1.82, 2.24) is 4.90 Å². The van der Waals surface area contributed by atoms with Gasteiger partial charge >= 0.3 is 11.9 Å². The molecule has 2 aliphatic rings. The Morgan fingerprint density at radius 2 is 2.19 bits per heavy atom. The first kappa shape index (κ1) is 16.1. The van der Waals surface area contributed by atoms with E-state index in [9.17, 15) is 14.4 Å². The van der Waals surface area contributed by atoms with E-state index in [1.165, 1.54) is 25.8 Å². The van der Waals surface area contributed by atoms with E-state index < -0.39 is 30.2 Å². The molecule has 0 bridgehead atoms. The van der Waals surface area contributed by atoms with Crippen LogP contribution in [0.2, 0.25) is 0 Å². The summed E-state index contributed by atoms with van der Waals surface area (Å²) >= 11 is 1.43. The second-order valence-electron chi connectivity index (χ2n) is 5.09. The maximum atomic E-state index is 12.3. The summed E-state index contributed by atoms with van der Waals surface area (Å²) < 4.78 is 14.7. The third-order valence-electron chi connectivity index (χ3n) is 3.49. The fourth-order valence-corrected chi connectivity index (χ4v) is 3.86. The molecule has 118 valence electrons. The number of ether oxygens (including phenoxy) is 3. The average molecular weight is 318 g/mol. The molecule has 0 radical (unpaired) electrons. The zero-order chi connectivity index (χ0) is 15.6. The van der Waals surface area contributed by atoms with Gasteiger partial charge in [0.15, 0.2) is 0 Å². The van der Waals surface area contributed by atoms with Crippen molar-refractivity contribution in [3.05, 3.63) is 0 Å². The molecule has 2 saturated heterocycles. The van der Waals surface area contributed by atoms with E-state index in [2.05, 4.69) is 4.74 Å². The van der Waals surface area contributed by atoms with E-state index in [1.807, 2.05) is 0 Å². The molecule has 8 nitrogen and oxygen atoms in total. The van der Waals surface area contributed by atoms with Crippen molar-refractivity contribution in [1.29, 1.82) is 0 Å². The summed E-state index contributed by atoms with van der Waals surface area (Å²) in [4.78, 5) is 36.3. The Bertz CT molecular complexity index is 459. The number of methoxy groups -OCH3 is 1. The molecule has 2 rings (SSSR count). The van der Waals surface area contributed by atoms with Gasteiger partial charge in [0.1, 0.15) is 16.8 Å². The number of nitrogens with zero attached hydrogens (tertiary/aromatic N) is 1. The van der Waals surface area contributed by atoms with Gasteiger partial charge in [-0.3, -0.25) is 14.4 Å². The molecule has 0 aromatic heterocycles. The van der Waals surface area contributed by atoms with E-state index in [-0.39, 0.29) is 24.4 Å². The van der Waals surface area contributed by atoms with E-state index in [0.717, 1.165) is 0 Å². The molecule has 21 heavy (non-hydrogen) atoms. The second kappa shape index (κ2) is 6.20. The number of rotatable bonds is 5. The summed E-state index contributed by atoms with van der Waals surface area (Å²) in [5, 5.41) is -0.0937. The van der Waals surface area contributed by atoms with Crippen LogP contribution >= 0.6 is 11.8 Å². The number of nitrogens with two attached hydrogens (primary N) is 1. The summed E-state index contributed by atoms with van der Waals surface area (Å²) in [6.07, 6.45) is 0. The van der Waals surface area contributed by atoms with Gasteiger partial charge < -0.3 is 24.8 Å². The lowest BCUT2D eigenvalue weighted by atomic mass is 9.88. The summed E-state index contributed by atoms with van der Waals surface area (Å²) in [7, 11) is 1.47. The molecule has 0 spiro atoms. The monoisotopic (exact) mass is 318 g/mol. The van der Waals surface area contributed by atoms with Crippen molar-refractivity contribution in [2.75, 3.05) is 32.8 Å². The van der Waals surface area contributed by atoms with Gasteiger partial charge in [0.05, 0.1) is 6.61 Å². The van der Waals surface area contributed by atoms with Gasteiger partial charge in [-0.05, 0) is 0 Å². The molecule has 2 fully saturated rings. The molecule has 2 aliphatic heterocycles. The van der Waals surface area contributed by atoms with Gasteiger partial charge in [0.2, 0.25) is 12.7 Å². The van der Waals surface area contributed by atoms with Crippen molar-refractivity contribution >= 4 is 29.6 Å². The first-order valence-electron chi connectivity index (χ1n) is 6.38. The summed E-state index contributed by atoms with van der Waals surface area (Å²) in [6, 6.07) is -0.507. The lowest BCUT2D eigenvalue weighted by Gasteiger charge is -2.52. The van der Waals surface area contributed by atoms with Crippen LogP contribution in [0.3, 0.4) is 0 Å². The van der Waals surface area contributed by atoms with Crippen molar-refractivity contribution in [3.8, 4) is 0 Å². The zero-order valence-electron chi connectivity index (χ0n) is 11.9. The Morgan fingerprint density at radius 1 is 1.48 bits per heavy atom. The quantitative estimate of drug-likeness (QED) is 0.388. The molecule has 9 heteroatoms. The minimum absolute atomic E-state index is 0.0937. The molecule has 1 amide bonds. The first-order chi connectivity index (χ1) is 9.91. The number of carbonyl (C=O) groups excluding carboxylic acids is 3. The molecule has 2 unspecified atom stereocenters.